The van der Waals surface area contributed by atoms with E-state index in [-0.39, 0.29) is 31.1 Å². The third-order valence-corrected chi connectivity index (χ3v) is 10.3. The van der Waals surface area contributed by atoms with E-state index in [1.54, 1.807) is 0 Å². The third kappa shape index (κ3) is 38.0. The molecule has 51 heavy (non-hydrogen) atoms. The number of esters is 3. The van der Waals surface area contributed by atoms with Crippen LogP contribution in [0.25, 0.3) is 0 Å². The fourth-order valence-corrected chi connectivity index (χ4v) is 6.54. The summed E-state index contributed by atoms with van der Waals surface area (Å²) in [4.78, 5) is 37.6. The first-order chi connectivity index (χ1) is 24.8. The van der Waals surface area contributed by atoms with Crippen molar-refractivity contribution in [3.63, 3.8) is 0 Å². The van der Waals surface area contributed by atoms with Gasteiger partial charge in [-0.1, -0.05) is 202 Å². The molecule has 2 atom stereocenters. The van der Waals surface area contributed by atoms with Crippen LogP contribution in [-0.2, 0) is 28.6 Å². The van der Waals surface area contributed by atoms with E-state index in [9.17, 15) is 14.4 Å². The summed E-state index contributed by atoms with van der Waals surface area (Å²) < 4.78 is 16.7. The Bertz CT molecular complexity index is 781. The van der Waals surface area contributed by atoms with Crippen LogP contribution < -0.4 is 0 Å². The predicted molar refractivity (Wildman–Crippen MR) is 215 cm³/mol. The highest BCUT2D eigenvalue weighted by Crippen LogP contribution is 2.17. The summed E-state index contributed by atoms with van der Waals surface area (Å²) in [5.74, 6) is 0.747. The van der Waals surface area contributed by atoms with Crippen LogP contribution in [0.3, 0.4) is 0 Å². The molecule has 0 aromatic heterocycles. The number of hydrogen-bond donors (Lipinski definition) is 0. The molecule has 0 spiro atoms. The summed E-state index contributed by atoms with van der Waals surface area (Å²) in [6.45, 7) is 11.3. The Balaban J connectivity index is 4.35. The number of hydrogen-bond acceptors (Lipinski definition) is 6. The standard InChI is InChI=1S/C45H86O6/c1-6-8-9-10-11-12-13-14-15-20-27-32-37-45(48)51-42(39-50-44(47)36-31-26-22-21-23-28-33-40(3)4)38-49-43(46)35-30-25-19-17-16-18-24-29-34-41(5)7-2/h40-42H,6-39H2,1-5H3/t41?,42-/m0/s1. The van der Waals surface area contributed by atoms with E-state index in [2.05, 4.69) is 34.6 Å². The maximum atomic E-state index is 12.7. The van der Waals surface area contributed by atoms with Gasteiger partial charge in [-0.3, -0.25) is 14.4 Å². The maximum Gasteiger partial charge on any atom is 0.306 e. The van der Waals surface area contributed by atoms with E-state index in [0.29, 0.717) is 19.3 Å². The minimum absolute atomic E-state index is 0.0661. The lowest BCUT2D eigenvalue weighted by Gasteiger charge is -2.18. The number of unbranched alkanes of at least 4 members (excludes halogenated alkanes) is 23. The molecule has 1 unspecified atom stereocenters. The van der Waals surface area contributed by atoms with Crippen LogP contribution in [-0.4, -0.2) is 37.2 Å². The zero-order chi connectivity index (χ0) is 37.6. The Morgan fingerprint density at radius 1 is 0.412 bits per heavy atom. The zero-order valence-corrected chi connectivity index (χ0v) is 34.7. The molecule has 0 N–H and O–H groups in total. The zero-order valence-electron chi connectivity index (χ0n) is 34.7. The Labute approximate surface area is 317 Å². The summed E-state index contributed by atoms with van der Waals surface area (Å²) in [5, 5.41) is 0. The number of carbonyl (C=O) groups excluding carboxylic acids is 3. The predicted octanol–water partition coefficient (Wildman–Crippen LogP) is 13.8. The third-order valence-electron chi connectivity index (χ3n) is 10.3. The van der Waals surface area contributed by atoms with Crippen molar-refractivity contribution in [3.05, 3.63) is 0 Å². The van der Waals surface area contributed by atoms with Crippen molar-refractivity contribution in [1.82, 2.24) is 0 Å². The van der Waals surface area contributed by atoms with Crippen LogP contribution in [0, 0.1) is 11.8 Å². The molecule has 0 aliphatic rings. The minimum Gasteiger partial charge on any atom is -0.462 e. The molecule has 0 heterocycles. The SMILES string of the molecule is CCCCCCCCCCCCCCC(=O)O[C@@H](COC(=O)CCCCCCCCCCC(C)CC)COC(=O)CCCCCCCCC(C)C. The first kappa shape index (κ1) is 49.4. The van der Waals surface area contributed by atoms with Crippen molar-refractivity contribution in [3.8, 4) is 0 Å². The van der Waals surface area contributed by atoms with Gasteiger partial charge in [-0.15, -0.1) is 0 Å². The van der Waals surface area contributed by atoms with Crippen LogP contribution in [0.5, 0.6) is 0 Å². The van der Waals surface area contributed by atoms with Gasteiger partial charge in [-0.2, -0.15) is 0 Å². The summed E-state index contributed by atoms with van der Waals surface area (Å²) in [6, 6.07) is 0. The molecule has 0 fully saturated rings. The molecule has 0 saturated heterocycles. The van der Waals surface area contributed by atoms with E-state index in [0.717, 1.165) is 69.6 Å². The highest BCUT2D eigenvalue weighted by Gasteiger charge is 2.19. The molecule has 0 bridgehead atoms. The molecule has 6 nitrogen and oxygen atoms in total. The lowest BCUT2D eigenvalue weighted by atomic mass is 9.99. The van der Waals surface area contributed by atoms with Gasteiger partial charge in [0.25, 0.3) is 0 Å². The van der Waals surface area contributed by atoms with Crippen molar-refractivity contribution in [2.24, 2.45) is 11.8 Å². The van der Waals surface area contributed by atoms with Gasteiger partial charge in [-0.25, -0.2) is 0 Å². The summed E-state index contributed by atoms with van der Waals surface area (Å²) in [7, 11) is 0. The van der Waals surface area contributed by atoms with Gasteiger partial charge in [0.1, 0.15) is 13.2 Å². The van der Waals surface area contributed by atoms with Crippen LogP contribution >= 0.6 is 0 Å². The smallest absolute Gasteiger partial charge is 0.306 e. The largest absolute Gasteiger partial charge is 0.462 e. The molecule has 0 radical (unpaired) electrons. The van der Waals surface area contributed by atoms with Gasteiger partial charge in [0.05, 0.1) is 0 Å². The fraction of sp³-hybridized carbons (Fsp3) is 0.933. The van der Waals surface area contributed by atoms with Crippen molar-refractivity contribution in [2.75, 3.05) is 13.2 Å². The molecular weight excluding hydrogens is 636 g/mol. The van der Waals surface area contributed by atoms with Crippen molar-refractivity contribution in [2.45, 2.75) is 246 Å². The Morgan fingerprint density at radius 3 is 1.12 bits per heavy atom. The van der Waals surface area contributed by atoms with Crippen molar-refractivity contribution >= 4 is 17.9 Å². The van der Waals surface area contributed by atoms with E-state index in [4.69, 9.17) is 14.2 Å². The fourth-order valence-electron chi connectivity index (χ4n) is 6.54. The van der Waals surface area contributed by atoms with Gasteiger partial charge < -0.3 is 14.2 Å². The summed E-state index contributed by atoms with van der Waals surface area (Å²) in [5.41, 5.74) is 0. The van der Waals surface area contributed by atoms with Crippen LogP contribution in [0.4, 0.5) is 0 Å². The topological polar surface area (TPSA) is 78.9 Å². The molecule has 0 aliphatic heterocycles. The molecule has 0 aromatic carbocycles. The molecule has 0 aromatic rings. The second-order valence-corrected chi connectivity index (χ2v) is 16.1. The Hall–Kier alpha value is -1.59. The molecular formula is C45H86O6. The highest BCUT2D eigenvalue weighted by molar-refractivity contribution is 5.71. The van der Waals surface area contributed by atoms with Crippen LogP contribution in [0.1, 0.15) is 240 Å². The lowest BCUT2D eigenvalue weighted by molar-refractivity contribution is -0.167. The average Bonchev–Trinajstić information content (AvgIpc) is 3.11. The van der Waals surface area contributed by atoms with E-state index in [1.807, 2.05) is 0 Å². The second kappa shape index (κ2) is 38.1. The van der Waals surface area contributed by atoms with Crippen molar-refractivity contribution < 1.29 is 28.6 Å². The molecule has 0 rings (SSSR count). The summed E-state index contributed by atoms with van der Waals surface area (Å²) >= 11 is 0. The van der Waals surface area contributed by atoms with Crippen LogP contribution in [0.15, 0.2) is 0 Å². The van der Waals surface area contributed by atoms with Gasteiger partial charge in [0.2, 0.25) is 0 Å². The minimum atomic E-state index is -0.760. The first-order valence-corrected chi connectivity index (χ1v) is 22.3. The van der Waals surface area contributed by atoms with Crippen molar-refractivity contribution in [1.29, 1.82) is 0 Å². The maximum absolute atomic E-state index is 12.7. The number of carbonyl (C=O) groups is 3. The molecule has 0 saturated carbocycles. The molecule has 6 heteroatoms. The van der Waals surface area contributed by atoms with Gasteiger partial charge >= 0.3 is 17.9 Å². The van der Waals surface area contributed by atoms with Crippen LogP contribution in [0.2, 0.25) is 0 Å². The summed E-state index contributed by atoms with van der Waals surface area (Å²) in [6.07, 6.45) is 35.2. The van der Waals surface area contributed by atoms with Gasteiger partial charge in [0.15, 0.2) is 6.10 Å². The molecule has 0 amide bonds. The number of ether oxygens (including phenoxy) is 3. The second-order valence-electron chi connectivity index (χ2n) is 16.1. The lowest BCUT2D eigenvalue weighted by Crippen LogP contribution is -2.30. The Morgan fingerprint density at radius 2 is 0.745 bits per heavy atom. The van der Waals surface area contributed by atoms with Gasteiger partial charge in [0, 0.05) is 19.3 Å². The molecule has 302 valence electrons. The quantitative estimate of drug-likeness (QED) is 0.0357. The van der Waals surface area contributed by atoms with E-state index >= 15 is 0 Å². The van der Waals surface area contributed by atoms with E-state index in [1.165, 1.54) is 128 Å². The monoisotopic (exact) mass is 723 g/mol. The van der Waals surface area contributed by atoms with E-state index < -0.39 is 6.10 Å². The highest BCUT2D eigenvalue weighted by atomic mass is 16.6. The molecule has 0 aliphatic carbocycles. The number of rotatable bonds is 39. The normalized spacial score (nSPS) is 12.6. The van der Waals surface area contributed by atoms with Gasteiger partial charge in [-0.05, 0) is 31.1 Å². The average molecular weight is 723 g/mol. The Kier molecular flexibility index (Phi) is 37.0. The first-order valence-electron chi connectivity index (χ1n) is 22.3.